The highest BCUT2D eigenvalue weighted by molar-refractivity contribution is 6.29. The average molecular weight is 461 g/mol. The van der Waals surface area contributed by atoms with Crippen LogP contribution >= 0.6 is 11.6 Å². The number of unbranched alkanes of at least 4 members (excludes halogenated alkanes) is 1. The maximum absolute atomic E-state index is 12.3. The van der Waals surface area contributed by atoms with Crippen molar-refractivity contribution in [3.05, 3.63) is 22.8 Å². The number of anilines is 3. The maximum Gasteiger partial charge on any atom is 0.320 e. The van der Waals surface area contributed by atoms with E-state index in [4.69, 9.17) is 22.1 Å². The molecule has 0 aromatic carbocycles. The van der Waals surface area contributed by atoms with Gasteiger partial charge in [-0.3, -0.25) is 9.69 Å². The highest BCUT2D eigenvalue weighted by Gasteiger charge is 2.27. The predicted octanol–water partition coefficient (Wildman–Crippen LogP) is 3.55. The Morgan fingerprint density at radius 3 is 2.88 bits per heavy atom. The molecule has 0 spiro atoms. The number of fused-ring (bicyclic) bond motifs is 1. The number of carbonyl (C=O) groups excluding carboxylic acids is 1. The predicted molar refractivity (Wildman–Crippen MR) is 128 cm³/mol. The molecule has 32 heavy (non-hydrogen) atoms. The molecule has 1 aromatic rings. The molecule has 0 bridgehead atoms. The molecule has 4 rings (SSSR count). The first-order chi connectivity index (χ1) is 15.5. The van der Waals surface area contributed by atoms with Crippen molar-refractivity contribution in [2.45, 2.75) is 45.4 Å². The van der Waals surface area contributed by atoms with Crippen LogP contribution in [0.1, 0.15) is 45.4 Å². The van der Waals surface area contributed by atoms with Crippen molar-refractivity contribution in [2.24, 2.45) is 5.92 Å². The number of nitrogens with one attached hydrogen (secondary N) is 1. The number of nitrogens with zero attached hydrogens (tertiary/aromatic N) is 4. The molecule has 3 N–H and O–H groups in total. The van der Waals surface area contributed by atoms with E-state index in [9.17, 15) is 4.79 Å². The third-order valence-corrected chi connectivity index (χ3v) is 6.37. The van der Waals surface area contributed by atoms with Gasteiger partial charge in [-0.1, -0.05) is 31.0 Å². The highest BCUT2D eigenvalue weighted by atomic mass is 35.5. The molecule has 1 amide bonds. The Labute approximate surface area is 194 Å². The number of rotatable bonds is 8. The molecule has 1 aliphatic carbocycles. The lowest BCUT2D eigenvalue weighted by Gasteiger charge is -2.29. The first kappa shape index (κ1) is 22.9. The van der Waals surface area contributed by atoms with Gasteiger partial charge in [-0.15, -0.1) is 0 Å². The van der Waals surface area contributed by atoms with Gasteiger partial charge < -0.3 is 20.7 Å². The topological polar surface area (TPSA) is 96.6 Å². The molecular weight excluding hydrogens is 428 g/mol. The minimum atomic E-state index is -0.0875. The number of aromatic nitrogens is 2. The number of nitrogens with two attached hydrogens (primary N) is 1. The van der Waals surface area contributed by atoms with Crippen molar-refractivity contribution in [3.63, 3.8) is 0 Å². The molecule has 1 unspecified atom stereocenters. The van der Waals surface area contributed by atoms with E-state index in [2.05, 4.69) is 44.2 Å². The monoisotopic (exact) mass is 460 g/mol. The van der Waals surface area contributed by atoms with Gasteiger partial charge in [0, 0.05) is 31.1 Å². The van der Waals surface area contributed by atoms with Crippen LogP contribution in [0.4, 0.5) is 17.3 Å². The van der Waals surface area contributed by atoms with E-state index in [1.54, 1.807) is 0 Å². The number of halogens is 1. The lowest BCUT2D eigenvalue weighted by atomic mass is 9.95. The van der Waals surface area contributed by atoms with Crippen LogP contribution in [0.2, 0.25) is 0 Å². The van der Waals surface area contributed by atoms with Crippen LogP contribution in [0.5, 0.6) is 6.01 Å². The molecule has 1 aromatic heterocycles. The van der Waals surface area contributed by atoms with Crippen LogP contribution in [-0.2, 0) is 4.79 Å². The quantitative estimate of drug-likeness (QED) is 0.572. The smallest absolute Gasteiger partial charge is 0.320 e. The SMILES string of the molecule is CCCCOc1nc(N)c2c(n1)N(CC1C=C(CN3CCCC3)C=C(Cl)C1)CCC(=O)N2. The molecule has 2 aliphatic heterocycles. The third kappa shape index (κ3) is 5.72. The lowest BCUT2D eigenvalue weighted by molar-refractivity contribution is -0.115. The van der Waals surface area contributed by atoms with Crippen molar-refractivity contribution in [3.8, 4) is 6.01 Å². The van der Waals surface area contributed by atoms with Crippen LogP contribution in [0.15, 0.2) is 22.8 Å². The summed E-state index contributed by atoms with van der Waals surface area (Å²) >= 11 is 6.54. The lowest BCUT2D eigenvalue weighted by Crippen LogP contribution is -2.32. The fourth-order valence-corrected chi connectivity index (χ4v) is 4.84. The third-order valence-electron chi connectivity index (χ3n) is 6.11. The molecule has 3 aliphatic rings. The van der Waals surface area contributed by atoms with Crippen molar-refractivity contribution in [1.82, 2.24) is 14.9 Å². The number of hydrogen-bond acceptors (Lipinski definition) is 7. The van der Waals surface area contributed by atoms with Gasteiger partial charge in [-0.2, -0.15) is 9.97 Å². The van der Waals surface area contributed by atoms with E-state index in [1.807, 2.05) is 0 Å². The summed E-state index contributed by atoms with van der Waals surface area (Å²) in [5, 5.41) is 3.75. The van der Waals surface area contributed by atoms with Crippen molar-refractivity contribution >= 4 is 34.8 Å². The van der Waals surface area contributed by atoms with Gasteiger partial charge in [-0.25, -0.2) is 0 Å². The van der Waals surface area contributed by atoms with Crippen molar-refractivity contribution in [2.75, 3.05) is 55.3 Å². The van der Waals surface area contributed by atoms with E-state index in [1.165, 1.54) is 18.4 Å². The second-order valence-electron chi connectivity index (χ2n) is 8.82. The maximum atomic E-state index is 12.3. The molecule has 8 nitrogen and oxygen atoms in total. The number of ether oxygens (including phenoxy) is 1. The summed E-state index contributed by atoms with van der Waals surface area (Å²) in [5.74, 6) is 0.992. The minimum absolute atomic E-state index is 0.0875. The largest absolute Gasteiger partial charge is 0.463 e. The Balaban J connectivity index is 1.54. The Hall–Kier alpha value is -2.32. The molecule has 1 saturated heterocycles. The zero-order valence-electron chi connectivity index (χ0n) is 18.8. The molecule has 0 radical (unpaired) electrons. The number of carbonyl (C=O) groups is 1. The van der Waals surface area contributed by atoms with Crippen LogP contribution in [-0.4, -0.2) is 60.1 Å². The first-order valence-electron chi connectivity index (χ1n) is 11.7. The Morgan fingerprint density at radius 1 is 1.28 bits per heavy atom. The summed E-state index contributed by atoms with van der Waals surface area (Å²) in [4.78, 5) is 25.8. The number of likely N-dealkylation sites (tertiary alicyclic amines) is 1. The number of hydrogen-bond donors (Lipinski definition) is 2. The Bertz CT molecular complexity index is 897. The van der Waals surface area contributed by atoms with Gasteiger partial charge in [0.25, 0.3) is 0 Å². The highest BCUT2D eigenvalue weighted by Crippen LogP contribution is 2.35. The summed E-state index contributed by atoms with van der Waals surface area (Å²) in [5.41, 5.74) is 7.92. The summed E-state index contributed by atoms with van der Waals surface area (Å²) in [6.07, 6.45) is 10.0. The van der Waals surface area contributed by atoms with E-state index < -0.39 is 0 Å². The van der Waals surface area contributed by atoms with Crippen molar-refractivity contribution < 1.29 is 9.53 Å². The van der Waals surface area contributed by atoms with Gasteiger partial charge in [0.05, 0.1) is 6.61 Å². The van der Waals surface area contributed by atoms with E-state index in [0.717, 1.165) is 43.9 Å². The van der Waals surface area contributed by atoms with E-state index in [-0.39, 0.29) is 23.7 Å². The average Bonchev–Trinajstić information content (AvgIpc) is 3.20. The second-order valence-corrected chi connectivity index (χ2v) is 9.30. The fraction of sp³-hybridized carbons (Fsp3) is 0.609. The first-order valence-corrected chi connectivity index (χ1v) is 12.0. The van der Waals surface area contributed by atoms with Crippen LogP contribution in [0, 0.1) is 5.92 Å². The summed E-state index contributed by atoms with van der Waals surface area (Å²) in [6.45, 7) is 7.12. The molecule has 9 heteroatoms. The van der Waals surface area contributed by atoms with Gasteiger partial charge >= 0.3 is 6.01 Å². The second kappa shape index (κ2) is 10.5. The molecular formula is C23H33ClN6O2. The van der Waals surface area contributed by atoms with Crippen LogP contribution in [0.3, 0.4) is 0 Å². The normalized spacial score (nSPS) is 21.5. The summed E-state index contributed by atoms with van der Waals surface area (Å²) in [7, 11) is 0. The van der Waals surface area contributed by atoms with Gasteiger partial charge in [0.15, 0.2) is 11.6 Å². The van der Waals surface area contributed by atoms with Crippen molar-refractivity contribution in [1.29, 1.82) is 0 Å². The zero-order valence-corrected chi connectivity index (χ0v) is 19.5. The van der Waals surface area contributed by atoms with E-state index >= 15 is 0 Å². The fourth-order valence-electron chi connectivity index (χ4n) is 4.51. The molecule has 174 valence electrons. The molecule has 0 saturated carbocycles. The van der Waals surface area contributed by atoms with E-state index in [0.29, 0.717) is 37.6 Å². The Morgan fingerprint density at radius 2 is 2.09 bits per heavy atom. The number of nitrogen functional groups attached to an aromatic ring is 1. The minimum Gasteiger partial charge on any atom is -0.463 e. The van der Waals surface area contributed by atoms with Crippen LogP contribution < -0.4 is 20.7 Å². The number of allylic oxidation sites excluding steroid dienone is 1. The molecule has 3 heterocycles. The molecule has 1 atom stereocenters. The molecule has 1 fully saturated rings. The van der Waals surface area contributed by atoms with Crippen LogP contribution in [0.25, 0.3) is 0 Å². The van der Waals surface area contributed by atoms with Gasteiger partial charge in [0.2, 0.25) is 5.91 Å². The standard InChI is InChI=1S/C23H33ClN6O2/c1-2-3-10-32-23-27-21(25)20-22(28-23)30(9-6-19(31)26-20)15-17-11-16(12-18(24)13-17)14-29-7-4-5-8-29/h11-12,17H,2-10,13-15H2,1H3,(H,26,31)(H2,25,27,28). The summed E-state index contributed by atoms with van der Waals surface area (Å²) in [6, 6.07) is 0.252. The van der Waals surface area contributed by atoms with Gasteiger partial charge in [-0.05, 0) is 56.3 Å². The van der Waals surface area contributed by atoms with Gasteiger partial charge in [0.1, 0.15) is 5.69 Å². The zero-order chi connectivity index (χ0) is 22.5. The number of amides is 1. The summed E-state index contributed by atoms with van der Waals surface area (Å²) < 4.78 is 5.72. The Kier molecular flexibility index (Phi) is 7.52.